The van der Waals surface area contributed by atoms with Gasteiger partial charge in [-0.2, -0.15) is 0 Å². The van der Waals surface area contributed by atoms with Crippen LogP contribution < -0.4 is 19.5 Å². The lowest BCUT2D eigenvalue weighted by atomic mass is 9.85. The Bertz CT molecular complexity index is 1930. The van der Waals surface area contributed by atoms with E-state index in [1.54, 1.807) is 26.8 Å². The Hall–Kier alpha value is -4.47. The Morgan fingerprint density at radius 2 is 1.74 bits per heavy atom. The Labute approximate surface area is 316 Å². The van der Waals surface area contributed by atoms with Crippen molar-refractivity contribution < 1.29 is 42.2 Å². The van der Waals surface area contributed by atoms with Crippen LogP contribution in [0.5, 0.6) is 11.8 Å². The molecule has 3 heterocycles. The van der Waals surface area contributed by atoms with Crippen LogP contribution in [0, 0.1) is 17.8 Å². The number of ether oxygens (including phenoxy) is 2. The molecule has 6 rings (SSSR count). The van der Waals surface area contributed by atoms with E-state index in [9.17, 15) is 32.7 Å². The van der Waals surface area contributed by atoms with Crippen molar-refractivity contribution in [2.24, 2.45) is 17.8 Å². The zero-order valence-corrected chi connectivity index (χ0v) is 32.6. The molecule has 0 radical (unpaired) electrons. The molecule has 2 saturated carbocycles. The summed E-state index contributed by atoms with van der Waals surface area (Å²) in [5.41, 5.74) is -2.52. The zero-order valence-electron chi connectivity index (χ0n) is 31.8. The quantitative estimate of drug-likeness (QED) is 0.328. The van der Waals surface area contributed by atoms with Crippen LogP contribution in [0.1, 0.15) is 86.5 Å². The van der Waals surface area contributed by atoms with Crippen molar-refractivity contribution in [1.29, 1.82) is 0 Å². The second kappa shape index (κ2) is 15.0. The molecule has 294 valence electrons. The lowest BCUT2D eigenvalue weighted by molar-refractivity contribution is -0.146. The number of aromatic nitrogens is 2. The maximum Gasteiger partial charge on any atom is 0.408 e. The normalized spacial score (nSPS) is 29.3. The van der Waals surface area contributed by atoms with Gasteiger partial charge in [-0.05, 0) is 90.2 Å². The summed E-state index contributed by atoms with van der Waals surface area (Å²) >= 11 is 0. The smallest absolute Gasteiger partial charge is 0.408 e. The fraction of sp³-hybridized carbons (Fsp3) is 0.632. The standard InChI is InChI=1S/C38H52N6O9S/c1-7-52-32-27-14-10-11-15-28(27)33(41-40-32)53-25-19-29-31(45)39-38(35(47)42-54(50,51)26-16-17-26)20-24(38)13-9-8-12-22(2)18-23(3)30(34(46)43(29)21-25)44(36(48)49)37(4,5)6/h9-11,13-15,22-26,29-30H,7-8,12,16-21H2,1-6H3,(H,39,45)(H,42,47)(H,48,49)/t22-,23-,24-,25-,29+,30+,38-/m1/s1. The summed E-state index contributed by atoms with van der Waals surface area (Å²) in [5.74, 6) is -2.33. The summed E-state index contributed by atoms with van der Waals surface area (Å²) in [4.78, 5) is 58.8. The third kappa shape index (κ3) is 7.98. The van der Waals surface area contributed by atoms with Crippen molar-refractivity contribution in [2.75, 3.05) is 13.2 Å². The van der Waals surface area contributed by atoms with Crippen LogP contribution in [-0.2, 0) is 24.4 Å². The van der Waals surface area contributed by atoms with Crippen molar-refractivity contribution in [1.82, 2.24) is 30.0 Å². The number of benzene rings is 1. The second-order valence-electron chi connectivity index (χ2n) is 16.3. The number of carbonyl (C=O) groups is 4. The Morgan fingerprint density at radius 1 is 1.07 bits per heavy atom. The first-order valence-corrected chi connectivity index (χ1v) is 20.4. The minimum absolute atomic E-state index is 0.0144. The zero-order chi connectivity index (χ0) is 39.2. The molecule has 1 aromatic heterocycles. The van der Waals surface area contributed by atoms with E-state index in [2.05, 4.69) is 27.2 Å². The van der Waals surface area contributed by atoms with Crippen LogP contribution in [0.25, 0.3) is 10.8 Å². The molecule has 7 atom stereocenters. The third-order valence-electron chi connectivity index (χ3n) is 11.0. The van der Waals surface area contributed by atoms with Gasteiger partial charge in [-0.25, -0.2) is 13.2 Å². The molecular weight excluding hydrogens is 717 g/mol. The summed E-state index contributed by atoms with van der Waals surface area (Å²) in [6, 6.07) is 4.94. The van der Waals surface area contributed by atoms with Gasteiger partial charge in [0.25, 0.3) is 5.91 Å². The van der Waals surface area contributed by atoms with Gasteiger partial charge in [0.05, 0.1) is 29.2 Å². The molecule has 3 fully saturated rings. The van der Waals surface area contributed by atoms with Gasteiger partial charge in [0.2, 0.25) is 33.6 Å². The monoisotopic (exact) mass is 768 g/mol. The topological polar surface area (TPSA) is 197 Å². The van der Waals surface area contributed by atoms with E-state index in [1.165, 1.54) is 9.80 Å². The van der Waals surface area contributed by atoms with E-state index in [4.69, 9.17) is 9.47 Å². The van der Waals surface area contributed by atoms with E-state index in [1.807, 2.05) is 44.2 Å². The SMILES string of the molecule is CCOc1nnc(O[C@@H]2C[C@H]3C(=O)N[C@]4(C(=O)NS(=O)(=O)C5CC5)C[C@H]4C=CCC[C@@H](C)C[C@@H](C)[C@H](N(C(=O)O)C(C)(C)C)C(=O)N3C2)c2ccccc12. The highest BCUT2D eigenvalue weighted by atomic mass is 32.2. The largest absolute Gasteiger partial charge is 0.476 e. The Morgan fingerprint density at radius 3 is 2.37 bits per heavy atom. The number of amides is 4. The third-order valence-corrected chi connectivity index (χ3v) is 12.8. The van der Waals surface area contributed by atoms with Gasteiger partial charge in [0.1, 0.15) is 23.7 Å². The Kier molecular flexibility index (Phi) is 10.9. The van der Waals surface area contributed by atoms with Crippen molar-refractivity contribution >= 4 is 44.6 Å². The number of nitrogens with one attached hydrogen (secondary N) is 2. The molecule has 15 nitrogen and oxygen atoms in total. The Balaban J connectivity index is 1.39. The summed E-state index contributed by atoms with van der Waals surface area (Å²) < 4.78 is 40.1. The van der Waals surface area contributed by atoms with E-state index < -0.39 is 80.2 Å². The van der Waals surface area contributed by atoms with Crippen LogP contribution in [-0.4, -0.2) is 105 Å². The predicted molar refractivity (Wildman–Crippen MR) is 199 cm³/mol. The minimum Gasteiger partial charge on any atom is -0.476 e. The molecule has 54 heavy (non-hydrogen) atoms. The number of carboxylic acid groups (broad SMARTS) is 1. The van der Waals surface area contributed by atoms with Crippen LogP contribution in [0.4, 0.5) is 4.79 Å². The van der Waals surface area contributed by atoms with E-state index in [-0.39, 0.29) is 31.2 Å². The lowest BCUT2D eigenvalue weighted by Gasteiger charge is -2.43. The number of hydrogen-bond donors (Lipinski definition) is 3. The molecule has 0 spiro atoms. The fourth-order valence-electron chi connectivity index (χ4n) is 8.01. The minimum atomic E-state index is -3.92. The van der Waals surface area contributed by atoms with Crippen LogP contribution in [0.2, 0.25) is 0 Å². The number of allylic oxidation sites excluding steroid dienone is 1. The van der Waals surface area contributed by atoms with Gasteiger partial charge in [-0.3, -0.25) is 24.0 Å². The van der Waals surface area contributed by atoms with Gasteiger partial charge in [0.15, 0.2) is 0 Å². The van der Waals surface area contributed by atoms with Gasteiger partial charge in [-0.15, -0.1) is 10.2 Å². The molecule has 0 unspecified atom stereocenters. The average molecular weight is 769 g/mol. The molecule has 2 aliphatic heterocycles. The summed E-state index contributed by atoms with van der Waals surface area (Å²) in [7, 11) is -3.92. The molecule has 1 saturated heterocycles. The molecule has 2 aromatic rings. The summed E-state index contributed by atoms with van der Waals surface area (Å²) in [6.45, 7) is 11.2. The van der Waals surface area contributed by atoms with E-state index >= 15 is 0 Å². The fourth-order valence-corrected chi connectivity index (χ4v) is 9.37. The molecule has 4 aliphatic rings. The molecule has 4 amide bonds. The lowest BCUT2D eigenvalue weighted by Crippen LogP contribution is -2.62. The highest BCUT2D eigenvalue weighted by Crippen LogP contribution is 2.46. The molecular formula is C38H52N6O9S. The number of hydrogen-bond acceptors (Lipinski definition) is 10. The van der Waals surface area contributed by atoms with Crippen LogP contribution in [0.3, 0.4) is 0 Å². The van der Waals surface area contributed by atoms with E-state index in [0.717, 1.165) is 6.42 Å². The van der Waals surface area contributed by atoms with Crippen LogP contribution >= 0.6 is 0 Å². The van der Waals surface area contributed by atoms with Gasteiger partial charge in [0, 0.05) is 17.9 Å². The van der Waals surface area contributed by atoms with Crippen molar-refractivity contribution in [2.45, 2.75) is 121 Å². The molecule has 16 heteroatoms. The van der Waals surface area contributed by atoms with E-state index in [0.29, 0.717) is 48.9 Å². The van der Waals surface area contributed by atoms with Crippen molar-refractivity contribution in [3.05, 3.63) is 36.4 Å². The van der Waals surface area contributed by atoms with Crippen LogP contribution in [0.15, 0.2) is 36.4 Å². The van der Waals surface area contributed by atoms with Crippen molar-refractivity contribution in [3.63, 3.8) is 0 Å². The first kappa shape index (κ1) is 39.2. The van der Waals surface area contributed by atoms with Crippen molar-refractivity contribution in [3.8, 4) is 11.8 Å². The number of carbonyl (C=O) groups excluding carboxylic acids is 3. The van der Waals surface area contributed by atoms with Gasteiger partial charge in [-0.1, -0.05) is 38.1 Å². The predicted octanol–water partition coefficient (Wildman–Crippen LogP) is 4.02. The second-order valence-corrected chi connectivity index (χ2v) is 18.3. The summed E-state index contributed by atoms with van der Waals surface area (Å²) in [5, 5.41) is 22.6. The average Bonchev–Trinajstić information content (AvgIpc) is 4.02. The summed E-state index contributed by atoms with van der Waals surface area (Å²) in [6.07, 6.45) is 4.75. The molecule has 0 bridgehead atoms. The first-order valence-electron chi connectivity index (χ1n) is 18.9. The van der Waals surface area contributed by atoms with Gasteiger partial charge >= 0.3 is 6.09 Å². The number of sulfonamides is 1. The maximum atomic E-state index is 15.0. The number of nitrogens with zero attached hydrogens (tertiary/aromatic N) is 4. The number of fused-ring (bicyclic) bond motifs is 3. The maximum absolute atomic E-state index is 15.0. The molecule has 2 aliphatic carbocycles. The number of rotatable bonds is 8. The van der Waals surface area contributed by atoms with Gasteiger partial charge < -0.3 is 24.8 Å². The molecule has 3 N–H and O–H groups in total. The first-order chi connectivity index (χ1) is 25.5. The molecule has 1 aromatic carbocycles. The highest BCUT2D eigenvalue weighted by molar-refractivity contribution is 7.91. The highest BCUT2D eigenvalue weighted by Gasteiger charge is 2.62.